The first-order chi connectivity index (χ1) is 14.3. The van der Waals surface area contributed by atoms with E-state index in [1.807, 2.05) is 6.07 Å². The van der Waals surface area contributed by atoms with E-state index in [1.165, 1.54) is 6.92 Å². The average molecular weight is 449 g/mol. The van der Waals surface area contributed by atoms with Gasteiger partial charge in [0.25, 0.3) is 0 Å². The van der Waals surface area contributed by atoms with E-state index in [1.54, 1.807) is 50.2 Å². The van der Waals surface area contributed by atoms with Gasteiger partial charge in [0.2, 0.25) is 0 Å². The van der Waals surface area contributed by atoms with Gasteiger partial charge < -0.3 is 15.2 Å². The second-order valence-electron chi connectivity index (χ2n) is 8.27. The highest BCUT2D eigenvalue weighted by Crippen LogP contribution is 2.48. The number of thiol groups is 1. The first kappa shape index (κ1) is 23.0. The van der Waals surface area contributed by atoms with Crippen LogP contribution in [0.2, 0.25) is 0 Å². The first-order valence-corrected chi connectivity index (χ1v) is 10.1. The number of alkyl halides is 3. The molecule has 1 aromatic heterocycles. The van der Waals surface area contributed by atoms with Gasteiger partial charge in [0, 0.05) is 39.7 Å². The number of hydrogen-bond donors (Lipinski definition) is 4. The second-order valence-corrected chi connectivity index (χ2v) is 9.26. The van der Waals surface area contributed by atoms with Gasteiger partial charge in [0.15, 0.2) is 5.60 Å². The van der Waals surface area contributed by atoms with Gasteiger partial charge in [-0.2, -0.15) is 31.1 Å². The summed E-state index contributed by atoms with van der Waals surface area (Å²) < 4.78 is 40.9. The van der Waals surface area contributed by atoms with Crippen molar-refractivity contribution in [2.75, 3.05) is 0 Å². The number of phenols is 1. The smallest absolute Gasteiger partial charge is 0.417 e. The van der Waals surface area contributed by atoms with Crippen LogP contribution in [0.15, 0.2) is 36.4 Å². The Morgan fingerprint density at radius 3 is 2.42 bits per heavy atom. The summed E-state index contributed by atoms with van der Waals surface area (Å²) in [6.07, 6.45) is -6.69. The minimum absolute atomic E-state index is 0.00250. The second kappa shape index (κ2) is 7.81. The molecule has 0 radical (unpaired) electrons. The predicted octanol–water partition coefficient (Wildman–Crippen LogP) is 5.43. The molecule has 0 aliphatic carbocycles. The van der Waals surface area contributed by atoms with Gasteiger partial charge in [0.05, 0.1) is 5.56 Å². The lowest BCUT2D eigenvalue weighted by molar-refractivity contribution is -0.264. The minimum Gasteiger partial charge on any atom is -0.507 e. The van der Waals surface area contributed by atoms with Crippen molar-refractivity contribution in [2.45, 2.75) is 50.1 Å². The monoisotopic (exact) mass is 448 g/mol. The van der Waals surface area contributed by atoms with Crippen LogP contribution in [-0.4, -0.2) is 27.0 Å². The number of nitrogens with one attached hydrogen (secondary N) is 1. The molecule has 3 aromatic rings. The Kier molecular flexibility index (Phi) is 5.80. The van der Waals surface area contributed by atoms with E-state index in [-0.39, 0.29) is 22.6 Å². The molecular weight excluding hydrogens is 425 g/mol. The Bertz CT molecular complexity index is 1180. The number of para-hydroxylation sites is 1. The molecule has 0 fully saturated rings. The zero-order chi connectivity index (χ0) is 23.2. The molecule has 3 N–H and O–H groups in total. The third-order valence-corrected chi connectivity index (χ3v) is 5.95. The maximum atomic E-state index is 14.1. The Morgan fingerprint density at radius 2 is 1.81 bits per heavy atom. The van der Waals surface area contributed by atoms with Crippen molar-refractivity contribution in [1.29, 1.82) is 5.26 Å². The van der Waals surface area contributed by atoms with Crippen molar-refractivity contribution in [1.82, 2.24) is 4.98 Å². The zero-order valence-corrected chi connectivity index (χ0v) is 18.2. The van der Waals surface area contributed by atoms with Crippen molar-refractivity contribution in [3.63, 3.8) is 0 Å². The molecule has 2 atom stereocenters. The minimum atomic E-state index is -5.00. The van der Waals surface area contributed by atoms with Gasteiger partial charge in [-0.3, -0.25) is 0 Å². The van der Waals surface area contributed by atoms with Crippen LogP contribution in [0.4, 0.5) is 13.2 Å². The molecule has 0 amide bonds. The number of H-pyrrole nitrogens is 1. The SMILES string of the molecule is Cc1cc(C)c(O)c(C(C)(S)CC(O)(Cc2[nH]c3ccccc3c2C#N)C(F)(F)F)c1. The molecule has 0 aliphatic heterocycles. The van der Waals surface area contributed by atoms with Gasteiger partial charge in [-0.15, -0.1) is 0 Å². The highest BCUT2D eigenvalue weighted by atomic mass is 32.1. The number of phenolic OH excluding ortho intramolecular Hbond substituents is 1. The van der Waals surface area contributed by atoms with Crippen molar-refractivity contribution in [3.8, 4) is 11.8 Å². The molecular formula is C23H23F3N2O2S. The van der Waals surface area contributed by atoms with Crippen molar-refractivity contribution < 1.29 is 23.4 Å². The fourth-order valence-electron chi connectivity index (χ4n) is 4.05. The molecule has 0 aliphatic rings. The molecule has 2 unspecified atom stereocenters. The lowest BCUT2D eigenvalue weighted by atomic mass is 9.81. The number of benzene rings is 2. The number of nitrogens with zero attached hydrogens (tertiary/aromatic N) is 1. The van der Waals surface area contributed by atoms with E-state index in [4.69, 9.17) is 0 Å². The number of halogens is 3. The van der Waals surface area contributed by atoms with Crippen molar-refractivity contribution >= 4 is 23.5 Å². The van der Waals surface area contributed by atoms with Gasteiger partial charge >= 0.3 is 6.18 Å². The quantitative estimate of drug-likeness (QED) is 0.393. The molecule has 2 aromatic carbocycles. The molecule has 0 saturated carbocycles. The molecule has 0 spiro atoms. The number of fused-ring (bicyclic) bond motifs is 1. The van der Waals surface area contributed by atoms with Gasteiger partial charge in [-0.05, 0) is 32.4 Å². The Hall–Kier alpha value is -2.63. The van der Waals surface area contributed by atoms with Gasteiger partial charge in [0.1, 0.15) is 11.8 Å². The summed E-state index contributed by atoms with van der Waals surface area (Å²) in [7, 11) is 0. The Labute approximate surface area is 183 Å². The van der Waals surface area contributed by atoms with Crippen molar-refractivity contribution in [3.05, 3.63) is 64.3 Å². The van der Waals surface area contributed by atoms with E-state index in [0.717, 1.165) is 5.56 Å². The highest BCUT2D eigenvalue weighted by molar-refractivity contribution is 7.81. The summed E-state index contributed by atoms with van der Waals surface area (Å²) in [5.74, 6) is -0.157. The fraction of sp³-hybridized carbons (Fsp3) is 0.348. The molecule has 3 rings (SSSR count). The van der Waals surface area contributed by atoms with E-state index in [9.17, 15) is 28.6 Å². The predicted molar refractivity (Wildman–Crippen MR) is 116 cm³/mol. The van der Waals surface area contributed by atoms with Crippen LogP contribution in [0.1, 0.15) is 41.3 Å². The van der Waals surface area contributed by atoms with Crippen LogP contribution in [0, 0.1) is 25.2 Å². The number of aromatic amines is 1. The number of nitriles is 1. The van der Waals surface area contributed by atoms with Gasteiger partial charge in [-0.25, -0.2) is 0 Å². The normalized spacial score (nSPS) is 16.0. The lowest BCUT2D eigenvalue weighted by Gasteiger charge is -2.37. The topological polar surface area (TPSA) is 80.0 Å². The third kappa shape index (κ3) is 4.25. The van der Waals surface area contributed by atoms with Crippen LogP contribution < -0.4 is 0 Å². The fourth-order valence-corrected chi connectivity index (χ4v) is 4.48. The molecule has 0 bridgehead atoms. The number of aromatic nitrogens is 1. The molecule has 164 valence electrons. The summed E-state index contributed by atoms with van der Waals surface area (Å²) in [5, 5.41) is 31.4. The maximum Gasteiger partial charge on any atom is 0.417 e. The van der Waals surface area contributed by atoms with E-state index < -0.39 is 29.4 Å². The van der Waals surface area contributed by atoms with Crippen LogP contribution in [0.3, 0.4) is 0 Å². The van der Waals surface area contributed by atoms with Crippen LogP contribution in [-0.2, 0) is 11.2 Å². The average Bonchev–Trinajstić information content (AvgIpc) is 2.99. The Balaban J connectivity index is 2.08. The van der Waals surface area contributed by atoms with Crippen LogP contribution in [0.5, 0.6) is 5.75 Å². The Morgan fingerprint density at radius 1 is 1.16 bits per heavy atom. The van der Waals surface area contributed by atoms with E-state index in [0.29, 0.717) is 16.5 Å². The molecule has 0 saturated heterocycles. The molecule has 4 nitrogen and oxygen atoms in total. The van der Waals surface area contributed by atoms with E-state index in [2.05, 4.69) is 17.6 Å². The summed E-state index contributed by atoms with van der Waals surface area (Å²) in [5.41, 5.74) is -1.16. The first-order valence-electron chi connectivity index (χ1n) is 9.61. The number of rotatable bonds is 5. The van der Waals surface area contributed by atoms with E-state index >= 15 is 0 Å². The van der Waals surface area contributed by atoms with Crippen LogP contribution >= 0.6 is 12.6 Å². The third-order valence-electron chi connectivity index (χ3n) is 5.55. The van der Waals surface area contributed by atoms with Crippen LogP contribution in [0.25, 0.3) is 10.9 Å². The standard InChI is InChI=1S/C23H23F3N2O2S/c1-13-8-14(2)20(29)17(9-13)21(3,31)12-22(30,23(24,25)26)10-19-16(11-27)15-6-4-5-7-18(15)28-19/h4-9,28-31H,10,12H2,1-3H3. The molecule has 1 heterocycles. The highest BCUT2D eigenvalue weighted by Gasteiger charge is 2.56. The number of aliphatic hydroxyl groups is 1. The summed E-state index contributed by atoms with van der Waals surface area (Å²) in [4.78, 5) is 2.84. The summed E-state index contributed by atoms with van der Waals surface area (Å²) in [6, 6.07) is 11.9. The largest absolute Gasteiger partial charge is 0.507 e. The molecule has 8 heteroatoms. The summed E-state index contributed by atoms with van der Waals surface area (Å²) in [6.45, 7) is 4.84. The lowest BCUT2D eigenvalue weighted by Crippen LogP contribution is -2.50. The van der Waals surface area contributed by atoms with Gasteiger partial charge in [-0.1, -0.05) is 35.9 Å². The number of aromatic hydroxyl groups is 1. The maximum absolute atomic E-state index is 14.1. The summed E-state index contributed by atoms with van der Waals surface area (Å²) >= 11 is 4.44. The zero-order valence-electron chi connectivity index (χ0n) is 17.3. The number of aryl methyl sites for hydroxylation is 2. The number of hydrogen-bond acceptors (Lipinski definition) is 4. The molecule has 31 heavy (non-hydrogen) atoms. The van der Waals surface area contributed by atoms with Crippen molar-refractivity contribution in [2.24, 2.45) is 0 Å².